The van der Waals surface area contributed by atoms with Crippen LogP contribution in [0.1, 0.15) is 152 Å². The highest BCUT2D eigenvalue weighted by Gasteiger charge is 2.22. The average Bonchev–Trinajstić information content (AvgIpc) is 3.04. The summed E-state index contributed by atoms with van der Waals surface area (Å²) in [6.45, 7) is 5.34. The van der Waals surface area contributed by atoms with Crippen molar-refractivity contribution < 1.29 is 14.3 Å². The van der Waals surface area contributed by atoms with Crippen LogP contribution in [0.4, 0.5) is 0 Å². The van der Waals surface area contributed by atoms with E-state index < -0.39 is 0 Å². The van der Waals surface area contributed by atoms with Crippen molar-refractivity contribution in [2.45, 2.75) is 142 Å². The molecule has 0 heterocycles. The maximum Gasteiger partial charge on any atom is 0.343 e. The number of benzene rings is 2. The Hall–Kier alpha value is -2.29. The summed E-state index contributed by atoms with van der Waals surface area (Å²) in [7, 11) is 0. The molecule has 238 valence electrons. The molecule has 2 aromatic rings. The molecule has 3 nitrogen and oxygen atoms in total. The highest BCUT2D eigenvalue weighted by Crippen LogP contribution is 2.35. The normalized spacial score (nSPS) is 22.3. The molecule has 0 N–H and O–H groups in total. The fourth-order valence-corrected chi connectivity index (χ4v) is 7.49. The predicted molar refractivity (Wildman–Crippen MR) is 180 cm³/mol. The second kappa shape index (κ2) is 19.2. The van der Waals surface area contributed by atoms with Crippen LogP contribution in [0.15, 0.2) is 48.5 Å². The minimum absolute atomic E-state index is 0.304. The second-order valence-corrected chi connectivity index (χ2v) is 13.9. The minimum Gasteiger partial charge on any atom is -0.494 e. The molecule has 4 rings (SSSR count). The van der Waals surface area contributed by atoms with Gasteiger partial charge in [-0.2, -0.15) is 0 Å². The van der Waals surface area contributed by atoms with Gasteiger partial charge in [0, 0.05) is 0 Å². The third-order valence-electron chi connectivity index (χ3n) is 10.5. The third-order valence-corrected chi connectivity index (χ3v) is 10.5. The molecule has 43 heavy (non-hydrogen) atoms. The quantitative estimate of drug-likeness (QED) is 0.0987. The summed E-state index contributed by atoms with van der Waals surface area (Å²) in [5.41, 5.74) is 1.92. The van der Waals surface area contributed by atoms with E-state index in [1.54, 1.807) is 0 Å². The van der Waals surface area contributed by atoms with Crippen LogP contribution >= 0.6 is 0 Å². The number of esters is 1. The van der Waals surface area contributed by atoms with Gasteiger partial charge in [0.2, 0.25) is 0 Å². The molecule has 2 aromatic carbocycles. The highest BCUT2D eigenvalue weighted by atomic mass is 16.5. The first-order chi connectivity index (χ1) is 21.1. The van der Waals surface area contributed by atoms with E-state index in [-0.39, 0.29) is 5.97 Å². The molecule has 0 unspecified atom stereocenters. The number of unbranched alkanes of at least 4 members (excludes halogenated alkanes) is 4. The maximum atomic E-state index is 12.7. The van der Waals surface area contributed by atoms with Gasteiger partial charge in [-0.05, 0) is 91.3 Å². The third kappa shape index (κ3) is 12.3. The molecule has 0 bridgehead atoms. The summed E-state index contributed by atoms with van der Waals surface area (Å²) in [4.78, 5) is 12.7. The fourth-order valence-electron chi connectivity index (χ4n) is 7.49. The van der Waals surface area contributed by atoms with E-state index in [0.29, 0.717) is 11.3 Å². The van der Waals surface area contributed by atoms with E-state index in [1.165, 1.54) is 121 Å². The summed E-state index contributed by atoms with van der Waals surface area (Å²) < 4.78 is 11.6. The number of carbonyl (C=O) groups is 1. The van der Waals surface area contributed by atoms with Crippen molar-refractivity contribution in [2.24, 2.45) is 23.7 Å². The summed E-state index contributed by atoms with van der Waals surface area (Å²) in [5, 5.41) is 0. The molecule has 0 atom stereocenters. The Morgan fingerprint density at radius 1 is 0.581 bits per heavy atom. The van der Waals surface area contributed by atoms with Crippen molar-refractivity contribution in [1.82, 2.24) is 0 Å². The molecule has 0 aliphatic heterocycles. The van der Waals surface area contributed by atoms with Gasteiger partial charge in [-0.1, -0.05) is 129 Å². The first-order valence-electron chi connectivity index (χ1n) is 18.2. The standard InChI is InChI=1S/C40H60O3/c1-3-5-7-10-32-13-15-34(16-14-32)12-9-31-42-38-27-29-39(30-28-38)43-40(41)37-25-23-36(24-26-37)22-21-35-19-17-33(18-20-35)11-8-6-4-2/h23-30,32-35H,3-22,31H2,1-2H3/t32-,33-,34-,35-. The minimum atomic E-state index is -0.304. The molecular weight excluding hydrogens is 528 g/mol. The van der Waals surface area contributed by atoms with Crippen LogP contribution in [-0.2, 0) is 6.42 Å². The van der Waals surface area contributed by atoms with Gasteiger partial charge in [0.25, 0.3) is 0 Å². The SMILES string of the molecule is CCCCC[C@H]1CC[C@H](CCCOc2ccc(OC(=O)c3ccc(CC[C@H]4CC[C@H](CCCCC)CC4)cc3)cc2)CC1. The molecular formula is C40H60O3. The van der Waals surface area contributed by atoms with Gasteiger partial charge in [0.15, 0.2) is 0 Å². The molecule has 0 aromatic heterocycles. The zero-order valence-electron chi connectivity index (χ0n) is 27.5. The average molecular weight is 589 g/mol. The van der Waals surface area contributed by atoms with Gasteiger partial charge in [-0.3, -0.25) is 0 Å². The molecule has 2 aliphatic rings. The first-order valence-corrected chi connectivity index (χ1v) is 18.2. The Kier molecular flexibility index (Phi) is 15.0. The summed E-state index contributed by atoms with van der Waals surface area (Å²) in [5.74, 6) is 4.80. The lowest BCUT2D eigenvalue weighted by Gasteiger charge is -2.28. The first kappa shape index (κ1) is 33.6. The Bertz CT molecular complexity index is 1010. The molecule has 2 aliphatic carbocycles. The van der Waals surface area contributed by atoms with Crippen molar-refractivity contribution in [3.05, 3.63) is 59.7 Å². The van der Waals surface area contributed by atoms with Gasteiger partial charge >= 0.3 is 5.97 Å². The summed E-state index contributed by atoms with van der Waals surface area (Å²) >= 11 is 0. The second-order valence-electron chi connectivity index (χ2n) is 13.9. The van der Waals surface area contributed by atoms with Gasteiger partial charge in [0.05, 0.1) is 12.2 Å². The number of aryl methyl sites for hydroxylation is 1. The van der Waals surface area contributed by atoms with Crippen LogP contribution in [0.25, 0.3) is 0 Å². The van der Waals surface area contributed by atoms with Crippen LogP contribution in [0.2, 0.25) is 0 Å². The number of rotatable bonds is 18. The highest BCUT2D eigenvalue weighted by molar-refractivity contribution is 5.91. The van der Waals surface area contributed by atoms with Crippen LogP contribution in [0.3, 0.4) is 0 Å². The Morgan fingerprint density at radius 3 is 1.56 bits per heavy atom. The molecule has 0 saturated heterocycles. The van der Waals surface area contributed by atoms with Crippen molar-refractivity contribution in [2.75, 3.05) is 6.61 Å². The Morgan fingerprint density at radius 2 is 1.05 bits per heavy atom. The van der Waals surface area contributed by atoms with E-state index in [9.17, 15) is 4.79 Å². The molecule has 0 amide bonds. The van der Waals surface area contributed by atoms with E-state index >= 15 is 0 Å². The molecule has 2 saturated carbocycles. The lowest BCUT2D eigenvalue weighted by atomic mass is 9.78. The van der Waals surface area contributed by atoms with E-state index in [1.807, 2.05) is 36.4 Å². The molecule has 3 heteroatoms. The van der Waals surface area contributed by atoms with Gasteiger partial charge in [-0.25, -0.2) is 4.79 Å². The largest absolute Gasteiger partial charge is 0.494 e. The zero-order chi connectivity index (χ0) is 30.1. The van der Waals surface area contributed by atoms with E-state index in [0.717, 1.165) is 48.9 Å². The topological polar surface area (TPSA) is 35.5 Å². The Balaban J connectivity index is 1.08. The van der Waals surface area contributed by atoms with Crippen LogP contribution in [-0.4, -0.2) is 12.6 Å². The Labute approximate surface area is 263 Å². The van der Waals surface area contributed by atoms with Crippen molar-refractivity contribution in [1.29, 1.82) is 0 Å². The fraction of sp³-hybridized carbons (Fsp3) is 0.675. The summed E-state index contributed by atoms with van der Waals surface area (Å²) in [6, 6.07) is 15.5. The number of hydrogen-bond donors (Lipinski definition) is 0. The molecule has 0 spiro atoms. The predicted octanol–water partition coefficient (Wildman–Crippen LogP) is 11.8. The van der Waals surface area contributed by atoms with Gasteiger partial charge in [-0.15, -0.1) is 0 Å². The molecule has 0 radical (unpaired) electrons. The van der Waals surface area contributed by atoms with Crippen LogP contribution in [0, 0.1) is 23.7 Å². The number of carbonyl (C=O) groups excluding carboxylic acids is 1. The number of ether oxygens (including phenoxy) is 2. The lowest BCUT2D eigenvalue weighted by Crippen LogP contribution is -2.15. The van der Waals surface area contributed by atoms with Crippen molar-refractivity contribution in [3.63, 3.8) is 0 Å². The zero-order valence-corrected chi connectivity index (χ0v) is 27.5. The van der Waals surface area contributed by atoms with Gasteiger partial charge < -0.3 is 9.47 Å². The maximum absolute atomic E-state index is 12.7. The van der Waals surface area contributed by atoms with E-state index in [2.05, 4.69) is 26.0 Å². The van der Waals surface area contributed by atoms with Crippen molar-refractivity contribution in [3.8, 4) is 11.5 Å². The number of hydrogen-bond acceptors (Lipinski definition) is 3. The molecule has 2 fully saturated rings. The van der Waals surface area contributed by atoms with Crippen molar-refractivity contribution >= 4 is 5.97 Å². The lowest BCUT2D eigenvalue weighted by molar-refractivity contribution is 0.0734. The van der Waals surface area contributed by atoms with E-state index in [4.69, 9.17) is 9.47 Å². The smallest absolute Gasteiger partial charge is 0.343 e. The van der Waals surface area contributed by atoms with Crippen LogP contribution < -0.4 is 9.47 Å². The monoisotopic (exact) mass is 588 g/mol. The summed E-state index contributed by atoms with van der Waals surface area (Å²) in [6.07, 6.45) is 27.2. The van der Waals surface area contributed by atoms with Crippen LogP contribution in [0.5, 0.6) is 11.5 Å². The van der Waals surface area contributed by atoms with Gasteiger partial charge in [0.1, 0.15) is 11.5 Å².